The maximum atomic E-state index is 9.96. The summed E-state index contributed by atoms with van der Waals surface area (Å²) in [4.78, 5) is 17.7. The number of aromatic nitrogens is 4. The van der Waals surface area contributed by atoms with Crippen molar-refractivity contribution in [2.24, 2.45) is 0 Å². The van der Waals surface area contributed by atoms with E-state index in [2.05, 4.69) is 44.8 Å². The molecule has 37 heavy (non-hydrogen) atoms. The summed E-state index contributed by atoms with van der Waals surface area (Å²) in [6.45, 7) is 0. The molecule has 0 unspecified atom stereocenters. The molecule has 0 aliphatic carbocycles. The second-order valence-electron chi connectivity index (χ2n) is 6.34. The molecule has 0 aliphatic rings. The molecule has 0 saturated heterocycles. The molecule has 3 heterocycles. The zero-order valence-electron chi connectivity index (χ0n) is 18.9. The molecule has 0 N–H and O–H groups in total. The van der Waals surface area contributed by atoms with Crippen molar-refractivity contribution in [3.63, 3.8) is 0 Å². The Morgan fingerprint density at radius 3 is 2.16 bits per heavy atom. The molecule has 0 fully saturated rings. The zero-order chi connectivity index (χ0) is 28.3. The van der Waals surface area contributed by atoms with E-state index in [1.165, 1.54) is 16.3 Å². The standard InChI is InChI=1S/C11H5Cl5N2S.C10H5ClN2S.CH3F.Cu.HI/c12-9-7(5-17-10(13)18-9)6-3-1-2-4-8(6)19-11(14,15)16;11-10-12-5-7-6-3-1-2-4-8(6)14-9(7)13-10;1-2;;/h1-5H;1-5H;1H3;;1H/q;;;+1;/p-1/i;;1D;;. The number of halogens is 8. The Bertz CT molecular complexity index is 1480. The minimum atomic E-state index is -1.46. The number of hydrogen-bond donors (Lipinski definition) is 0. The molecule has 0 amide bonds. The summed E-state index contributed by atoms with van der Waals surface area (Å²) in [5, 5.41) is 2.92. The molecule has 5 rings (SSSR count). The number of benzene rings is 2. The summed E-state index contributed by atoms with van der Waals surface area (Å²) in [6.07, 6.45) is 3.32. The van der Waals surface area contributed by atoms with E-state index in [4.69, 9.17) is 71.0 Å². The van der Waals surface area contributed by atoms with Gasteiger partial charge in [-0.2, -0.15) is 0 Å². The fourth-order valence-corrected chi connectivity index (χ4v) is 5.99. The number of hydrogen-bond acceptors (Lipinski definition) is 6. The van der Waals surface area contributed by atoms with Crippen LogP contribution in [-0.4, -0.2) is 30.2 Å². The number of thiophene rings is 1. The van der Waals surface area contributed by atoms with Crippen molar-refractivity contribution >= 4 is 133 Å². The van der Waals surface area contributed by atoms with Crippen LogP contribution in [-0.2, 0) is 12.8 Å². The second kappa shape index (κ2) is 16.4. The first-order valence-corrected chi connectivity index (χ1v) is 16.4. The SMILES string of the molecule is Clc1ncc(-c2ccccc2SC(Cl)(Cl)Cl)c(Cl)n1.Clc1ncc2c(n1)sc1ccccc12.[2H]CF.[Cu][I]. The first-order chi connectivity index (χ1) is 18.1. The Balaban J connectivity index is 0.000000235. The van der Waals surface area contributed by atoms with Crippen LogP contribution in [0.5, 0.6) is 0 Å². The fraction of sp³-hybridized carbons (Fsp3) is 0.0909. The third-order valence-corrected chi connectivity index (χ3v) is 7.46. The van der Waals surface area contributed by atoms with E-state index in [-0.39, 0.29) is 10.4 Å². The normalized spacial score (nSPS) is 10.9. The summed E-state index contributed by atoms with van der Waals surface area (Å²) in [5.41, 5.74) is 1.41. The molecule has 4 nitrogen and oxygen atoms in total. The van der Waals surface area contributed by atoms with Crippen molar-refractivity contribution in [1.82, 2.24) is 19.9 Å². The molecular weight excluding hydrogens is 807 g/mol. The Kier molecular flexibility index (Phi) is 14.0. The molecule has 3 aromatic heterocycles. The van der Waals surface area contributed by atoms with Gasteiger partial charge in [-0.3, -0.25) is 4.39 Å². The van der Waals surface area contributed by atoms with Crippen LogP contribution in [0.15, 0.2) is 65.8 Å². The van der Waals surface area contributed by atoms with Gasteiger partial charge in [0.05, 0.1) is 8.52 Å². The Morgan fingerprint density at radius 2 is 1.49 bits per heavy atom. The van der Waals surface area contributed by atoms with Gasteiger partial charge in [-0.25, -0.2) is 19.9 Å². The molecule has 0 spiro atoms. The number of fused-ring (bicyclic) bond motifs is 3. The third kappa shape index (κ3) is 9.90. The van der Waals surface area contributed by atoms with E-state index < -0.39 is 10.3 Å². The summed E-state index contributed by atoms with van der Waals surface area (Å²) in [6, 6.07) is 15.6. The molecule has 0 atom stereocenters. The first kappa shape index (κ1) is 31.6. The topological polar surface area (TPSA) is 51.6 Å². The molecule has 0 radical (unpaired) electrons. The number of rotatable bonds is 2. The van der Waals surface area contributed by atoms with E-state index in [9.17, 15) is 4.39 Å². The number of nitrogens with zero attached hydrogens (tertiary/aromatic N) is 4. The predicted octanol–water partition coefficient (Wildman–Crippen LogP) is 10.8. The van der Waals surface area contributed by atoms with Crippen LogP contribution < -0.4 is 0 Å². The van der Waals surface area contributed by atoms with E-state index in [0.717, 1.165) is 32.4 Å². The van der Waals surface area contributed by atoms with Gasteiger partial charge in [-0.05, 0) is 35.3 Å². The average molecular weight is 821 g/mol. The van der Waals surface area contributed by atoms with Crippen molar-refractivity contribution in [3.05, 3.63) is 76.6 Å². The van der Waals surface area contributed by atoms with E-state index >= 15 is 0 Å². The van der Waals surface area contributed by atoms with Crippen molar-refractivity contribution in [2.75, 3.05) is 7.15 Å². The van der Waals surface area contributed by atoms with Gasteiger partial charge in [-0.15, -0.1) is 11.3 Å². The van der Waals surface area contributed by atoms with Gasteiger partial charge in [0, 0.05) is 43.9 Å². The van der Waals surface area contributed by atoms with Crippen LogP contribution in [0.3, 0.4) is 0 Å². The van der Waals surface area contributed by atoms with Crippen LogP contribution >= 0.6 is 113 Å². The maximum absolute atomic E-state index is 9.96. The summed E-state index contributed by atoms with van der Waals surface area (Å²) >= 11 is 43.5. The monoisotopic (exact) mass is 817 g/mol. The minimum absolute atomic E-state index is 0.0836. The quantitative estimate of drug-likeness (QED) is 0.0443. The summed E-state index contributed by atoms with van der Waals surface area (Å²) < 4.78 is 15.3. The molecule has 2 aromatic carbocycles. The van der Waals surface area contributed by atoms with Crippen molar-refractivity contribution < 1.29 is 18.5 Å². The van der Waals surface area contributed by atoms with Crippen molar-refractivity contribution in [2.45, 2.75) is 8.02 Å². The molecule has 0 aliphatic heterocycles. The second-order valence-corrected chi connectivity index (χ2v) is 12.6. The van der Waals surface area contributed by atoms with E-state index in [1.54, 1.807) is 37.9 Å². The van der Waals surface area contributed by atoms with E-state index in [0.29, 0.717) is 10.8 Å². The molecule has 5 aromatic rings. The van der Waals surface area contributed by atoms with Gasteiger partial charge in [0.25, 0.3) is 0 Å². The van der Waals surface area contributed by atoms with Crippen LogP contribution in [0.4, 0.5) is 4.39 Å². The van der Waals surface area contributed by atoms with E-state index in [1.807, 2.05) is 36.4 Å². The van der Waals surface area contributed by atoms with Crippen molar-refractivity contribution in [1.29, 1.82) is 0 Å². The molecule has 200 valence electrons. The van der Waals surface area contributed by atoms with Gasteiger partial charge in [0.1, 0.15) is 9.98 Å². The summed E-state index contributed by atoms with van der Waals surface area (Å²) in [5.74, 6) is 0. The van der Waals surface area contributed by atoms with Crippen LogP contribution in [0.2, 0.25) is 15.7 Å². The summed E-state index contributed by atoms with van der Waals surface area (Å²) in [7, 11) is -1.00. The van der Waals surface area contributed by atoms with Gasteiger partial charge < -0.3 is 0 Å². The van der Waals surface area contributed by atoms with Crippen molar-refractivity contribution in [3.8, 4) is 11.1 Å². The van der Waals surface area contributed by atoms with Crippen LogP contribution in [0.25, 0.3) is 31.4 Å². The Morgan fingerprint density at radius 1 is 0.892 bits per heavy atom. The van der Waals surface area contributed by atoms with Gasteiger partial charge in [-0.1, -0.05) is 94.6 Å². The average Bonchev–Trinajstić information content (AvgIpc) is 3.23. The van der Waals surface area contributed by atoms with Gasteiger partial charge >= 0.3 is 33.1 Å². The molecule has 15 heteroatoms. The third-order valence-electron chi connectivity index (χ3n) is 4.22. The molecule has 0 bridgehead atoms. The van der Waals surface area contributed by atoms with Crippen LogP contribution in [0.1, 0.15) is 1.37 Å². The van der Waals surface area contributed by atoms with Gasteiger partial charge in [0.15, 0.2) is 0 Å². The fourth-order valence-electron chi connectivity index (χ4n) is 2.92. The Hall–Kier alpha value is 0.0895. The zero-order valence-corrected chi connectivity index (χ0v) is 27.2. The first-order valence-electron chi connectivity index (χ1n) is 10.1. The number of alkyl halides is 4. The molecule has 0 saturated carbocycles. The predicted molar refractivity (Wildman–Crippen MR) is 165 cm³/mol. The number of thioether (sulfide) groups is 1. The van der Waals surface area contributed by atoms with Crippen LogP contribution in [0, 0.1) is 0 Å². The Labute approximate surface area is 271 Å². The van der Waals surface area contributed by atoms with Gasteiger partial charge in [0.2, 0.25) is 13.7 Å². The molecular formula is C22H13Cl6CuFIN4S2.